The Morgan fingerprint density at radius 2 is 1.59 bits per heavy atom. The summed E-state index contributed by atoms with van der Waals surface area (Å²) in [5, 5.41) is 0. The van der Waals surface area contributed by atoms with Crippen LogP contribution in [0.3, 0.4) is 0 Å². The molecule has 0 aliphatic carbocycles. The van der Waals surface area contributed by atoms with E-state index in [-0.39, 0.29) is 15.7 Å². The van der Waals surface area contributed by atoms with E-state index in [1.165, 1.54) is 12.1 Å². The van der Waals surface area contributed by atoms with Gasteiger partial charge in [0.25, 0.3) is 10.0 Å². The quantitative estimate of drug-likeness (QED) is 0.430. The Morgan fingerprint density at radius 3 is 1.95 bits per heavy atom. The SMILES string of the molecule is CC(C)(C)CC(c1ccc(S(=O)(=O)N=[N+]=[N-])cc1)C(C)(C)C. The van der Waals surface area contributed by atoms with Gasteiger partial charge in [-0.1, -0.05) is 53.7 Å². The monoisotopic (exact) mass is 323 g/mol. The molecule has 0 aromatic heterocycles. The minimum absolute atomic E-state index is 0.0254. The van der Waals surface area contributed by atoms with Crippen molar-refractivity contribution in [1.82, 2.24) is 0 Å². The predicted octanol–water partition coefficient (Wildman–Crippen LogP) is 5.25. The maximum atomic E-state index is 11.7. The average molecular weight is 323 g/mol. The molecule has 1 aromatic rings. The summed E-state index contributed by atoms with van der Waals surface area (Å²) in [6, 6.07) is 6.67. The summed E-state index contributed by atoms with van der Waals surface area (Å²) in [6.07, 6.45) is 0.999. The number of benzene rings is 1. The van der Waals surface area contributed by atoms with E-state index in [2.05, 4.69) is 51.0 Å². The molecule has 0 heterocycles. The summed E-state index contributed by atoms with van der Waals surface area (Å²) < 4.78 is 26.3. The van der Waals surface area contributed by atoms with Crippen molar-refractivity contribution in [3.63, 3.8) is 0 Å². The molecule has 0 aliphatic rings. The second-order valence-electron chi connectivity index (χ2n) is 7.90. The lowest BCUT2D eigenvalue weighted by Gasteiger charge is -2.36. The molecule has 0 fully saturated rings. The summed E-state index contributed by atoms with van der Waals surface area (Å²) in [4.78, 5) is 2.39. The number of azide groups is 1. The maximum Gasteiger partial charge on any atom is 0.264 e. The highest BCUT2D eigenvalue weighted by Gasteiger charge is 2.30. The highest BCUT2D eigenvalue weighted by Crippen LogP contribution is 2.43. The lowest BCUT2D eigenvalue weighted by Crippen LogP contribution is -2.23. The fraction of sp³-hybridized carbons (Fsp3) is 0.625. The molecule has 0 saturated carbocycles. The van der Waals surface area contributed by atoms with E-state index in [0.717, 1.165) is 12.0 Å². The van der Waals surface area contributed by atoms with Crippen LogP contribution >= 0.6 is 0 Å². The molecule has 5 nitrogen and oxygen atoms in total. The molecular weight excluding hydrogens is 298 g/mol. The van der Waals surface area contributed by atoms with Crippen LogP contribution in [0.25, 0.3) is 10.4 Å². The second-order valence-corrected chi connectivity index (χ2v) is 9.48. The van der Waals surface area contributed by atoms with Crippen LogP contribution in [0.5, 0.6) is 0 Å². The van der Waals surface area contributed by atoms with Crippen LogP contribution in [-0.2, 0) is 10.0 Å². The summed E-state index contributed by atoms with van der Waals surface area (Å²) >= 11 is 0. The first kappa shape index (κ1) is 18.5. The van der Waals surface area contributed by atoms with Crippen LogP contribution in [0.4, 0.5) is 0 Å². The lowest BCUT2D eigenvalue weighted by atomic mass is 9.69. The van der Waals surface area contributed by atoms with Crippen molar-refractivity contribution < 1.29 is 8.42 Å². The van der Waals surface area contributed by atoms with Gasteiger partial charge in [-0.25, -0.2) is 8.42 Å². The Hall–Kier alpha value is -1.52. The minimum atomic E-state index is -3.92. The normalized spacial score (nSPS) is 14.3. The molecule has 1 rings (SSSR count). The van der Waals surface area contributed by atoms with Gasteiger partial charge in [0.1, 0.15) is 0 Å². The van der Waals surface area contributed by atoms with Crippen molar-refractivity contribution in [2.75, 3.05) is 0 Å². The number of hydrogen-bond acceptors (Lipinski definition) is 2. The first-order valence-corrected chi connectivity index (χ1v) is 8.72. The molecule has 0 aliphatic heterocycles. The zero-order chi connectivity index (χ0) is 17.2. The van der Waals surface area contributed by atoms with Crippen LogP contribution in [0.15, 0.2) is 33.7 Å². The molecule has 0 saturated heterocycles. The summed E-state index contributed by atoms with van der Waals surface area (Å²) in [7, 11) is -3.92. The predicted molar refractivity (Wildman–Crippen MR) is 89.0 cm³/mol. The highest BCUT2D eigenvalue weighted by molar-refractivity contribution is 7.90. The molecule has 1 aromatic carbocycles. The Morgan fingerprint density at radius 1 is 1.09 bits per heavy atom. The summed E-state index contributed by atoms with van der Waals surface area (Å²) in [6.45, 7) is 13.2. The third-order valence-corrected chi connectivity index (χ3v) is 4.74. The summed E-state index contributed by atoms with van der Waals surface area (Å²) in [5.41, 5.74) is 9.66. The van der Waals surface area contributed by atoms with Gasteiger partial charge in [0.2, 0.25) is 0 Å². The molecule has 1 atom stereocenters. The zero-order valence-electron chi connectivity index (χ0n) is 14.2. The fourth-order valence-electron chi connectivity index (χ4n) is 2.50. The van der Waals surface area contributed by atoms with Crippen molar-refractivity contribution >= 4 is 10.0 Å². The number of rotatable bonds is 4. The largest absolute Gasteiger partial charge is 0.264 e. The summed E-state index contributed by atoms with van der Waals surface area (Å²) in [5.74, 6) is 0.309. The Balaban J connectivity index is 3.22. The molecule has 0 N–H and O–H groups in total. The smallest absolute Gasteiger partial charge is 0.216 e. The average Bonchev–Trinajstić information content (AvgIpc) is 2.34. The van der Waals surface area contributed by atoms with Gasteiger partial charge in [0, 0.05) is 9.43 Å². The topological polar surface area (TPSA) is 82.9 Å². The number of hydrogen-bond donors (Lipinski definition) is 0. The molecule has 6 heteroatoms. The van der Waals surface area contributed by atoms with Crippen LogP contribution in [-0.4, -0.2) is 8.42 Å². The highest BCUT2D eigenvalue weighted by atomic mass is 32.2. The van der Waals surface area contributed by atoms with Crippen molar-refractivity contribution in [2.45, 2.75) is 58.8 Å². The minimum Gasteiger partial charge on any atom is -0.216 e. The number of sulfonamides is 1. The van der Waals surface area contributed by atoms with Gasteiger partial charge in [-0.05, 0) is 46.4 Å². The van der Waals surface area contributed by atoms with E-state index < -0.39 is 10.0 Å². The van der Waals surface area contributed by atoms with E-state index >= 15 is 0 Å². The van der Waals surface area contributed by atoms with Gasteiger partial charge in [0.15, 0.2) is 0 Å². The molecule has 122 valence electrons. The van der Waals surface area contributed by atoms with Crippen LogP contribution in [0.2, 0.25) is 0 Å². The molecule has 0 amide bonds. The third kappa shape index (κ3) is 5.04. The molecule has 0 radical (unpaired) electrons. The second kappa shape index (κ2) is 6.31. The van der Waals surface area contributed by atoms with E-state index in [4.69, 9.17) is 5.53 Å². The van der Waals surface area contributed by atoms with Crippen molar-refractivity contribution in [2.24, 2.45) is 15.3 Å². The van der Waals surface area contributed by atoms with Crippen LogP contribution in [0, 0.1) is 10.8 Å². The molecule has 1 unspecified atom stereocenters. The maximum absolute atomic E-state index is 11.7. The van der Waals surface area contributed by atoms with Crippen molar-refractivity contribution in [3.8, 4) is 0 Å². The van der Waals surface area contributed by atoms with Gasteiger partial charge in [0.05, 0.1) is 4.90 Å². The van der Waals surface area contributed by atoms with E-state index in [9.17, 15) is 8.42 Å². The van der Waals surface area contributed by atoms with E-state index in [0.29, 0.717) is 5.92 Å². The molecule has 0 bridgehead atoms. The molecule has 22 heavy (non-hydrogen) atoms. The van der Waals surface area contributed by atoms with Gasteiger partial charge >= 0.3 is 0 Å². The molecule has 0 spiro atoms. The van der Waals surface area contributed by atoms with Gasteiger partial charge in [-0.15, -0.1) is 0 Å². The molecular formula is C16H25N3O2S. The van der Waals surface area contributed by atoms with Crippen molar-refractivity contribution in [1.29, 1.82) is 0 Å². The van der Waals surface area contributed by atoms with E-state index in [1.54, 1.807) is 0 Å². The number of nitrogens with zero attached hydrogens (tertiary/aromatic N) is 3. The Bertz CT molecular complexity index is 659. The zero-order valence-corrected chi connectivity index (χ0v) is 15.0. The lowest BCUT2D eigenvalue weighted by molar-refractivity contribution is 0.229. The first-order chi connectivity index (χ1) is 9.87. The van der Waals surface area contributed by atoms with Crippen LogP contribution in [0.1, 0.15) is 59.4 Å². The Kier molecular flexibility index (Phi) is 5.31. The van der Waals surface area contributed by atoms with Gasteiger partial charge in [-0.2, -0.15) is 0 Å². The third-order valence-electron chi connectivity index (χ3n) is 3.59. The fourth-order valence-corrected chi connectivity index (χ4v) is 3.17. The van der Waals surface area contributed by atoms with Gasteiger partial charge < -0.3 is 0 Å². The van der Waals surface area contributed by atoms with Crippen molar-refractivity contribution in [3.05, 3.63) is 40.3 Å². The van der Waals surface area contributed by atoms with Crippen LogP contribution < -0.4 is 0 Å². The standard InChI is InChI=1S/C16H25N3O2S/c1-15(2,3)11-14(16(4,5)6)12-7-9-13(10-8-12)22(20,21)19-18-17/h7-10,14H,11H2,1-6H3. The first-order valence-electron chi connectivity index (χ1n) is 7.28. The van der Waals surface area contributed by atoms with E-state index in [1.807, 2.05) is 12.1 Å². The Labute approximate surface area is 133 Å². The van der Waals surface area contributed by atoms with Gasteiger partial charge in [-0.3, -0.25) is 0 Å².